The van der Waals surface area contributed by atoms with Crippen LogP contribution in [0.4, 0.5) is 0 Å². The van der Waals surface area contributed by atoms with Crippen molar-refractivity contribution < 1.29 is 17.9 Å². The Kier molecular flexibility index (Phi) is 5.31. The van der Waals surface area contributed by atoms with Crippen molar-refractivity contribution in [1.82, 2.24) is 9.21 Å². The van der Waals surface area contributed by atoms with Crippen LogP contribution < -0.4 is 9.47 Å². The van der Waals surface area contributed by atoms with Crippen molar-refractivity contribution in [3.63, 3.8) is 0 Å². The summed E-state index contributed by atoms with van der Waals surface area (Å²) in [6.45, 7) is 9.79. The van der Waals surface area contributed by atoms with Crippen molar-refractivity contribution in [2.24, 2.45) is 0 Å². The van der Waals surface area contributed by atoms with E-state index in [1.165, 1.54) is 0 Å². The second-order valence-electron chi connectivity index (χ2n) is 8.64. The van der Waals surface area contributed by atoms with Gasteiger partial charge in [0.25, 0.3) is 0 Å². The van der Waals surface area contributed by atoms with Crippen molar-refractivity contribution in [2.45, 2.75) is 37.6 Å². The Labute approximate surface area is 173 Å². The Balaban J connectivity index is 1.38. The van der Waals surface area contributed by atoms with E-state index in [0.717, 1.165) is 29.2 Å². The molecule has 2 aromatic rings. The van der Waals surface area contributed by atoms with Crippen LogP contribution in [0.2, 0.25) is 0 Å². The number of nitrogens with zero attached hydrogens (tertiary/aromatic N) is 2. The van der Waals surface area contributed by atoms with Gasteiger partial charge in [0.15, 0.2) is 11.5 Å². The first-order chi connectivity index (χ1) is 13.7. The number of benzene rings is 2. The third kappa shape index (κ3) is 4.27. The lowest BCUT2D eigenvalue weighted by molar-refractivity contribution is 0.173. The fourth-order valence-electron chi connectivity index (χ4n) is 3.70. The van der Waals surface area contributed by atoms with Gasteiger partial charge in [-0.05, 0) is 40.8 Å². The standard InChI is InChI=1S/C22H28N2O4S/c1-22(2,3)18-5-7-19(8-6-18)29(25,26)24-12-10-23(11-13-24)15-17-4-9-20-21(14-17)28-16-27-20/h4-9,14H,10-13,15-16H2,1-3H3. The minimum atomic E-state index is -3.46. The average Bonchev–Trinajstić information content (AvgIpc) is 3.16. The Morgan fingerprint density at radius 1 is 0.897 bits per heavy atom. The molecule has 0 bridgehead atoms. The highest BCUT2D eigenvalue weighted by molar-refractivity contribution is 7.89. The summed E-state index contributed by atoms with van der Waals surface area (Å²) in [6.07, 6.45) is 0. The fourth-order valence-corrected chi connectivity index (χ4v) is 5.12. The summed E-state index contributed by atoms with van der Waals surface area (Å²) in [5, 5.41) is 0. The predicted octanol–water partition coefficient (Wildman–Crippen LogP) is 3.22. The Hall–Kier alpha value is -2.09. The van der Waals surface area contributed by atoms with Gasteiger partial charge in [0, 0.05) is 32.7 Å². The van der Waals surface area contributed by atoms with Gasteiger partial charge in [-0.1, -0.05) is 39.0 Å². The van der Waals surface area contributed by atoms with Crippen molar-refractivity contribution in [3.8, 4) is 11.5 Å². The van der Waals surface area contributed by atoms with E-state index >= 15 is 0 Å². The fraction of sp³-hybridized carbons (Fsp3) is 0.455. The number of piperazine rings is 1. The zero-order valence-electron chi connectivity index (χ0n) is 17.2. The van der Waals surface area contributed by atoms with Gasteiger partial charge in [0.1, 0.15) is 0 Å². The van der Waals surface area contributed by atoms with Crippen LogP contribution in [0.5, 0.6) is 11.5 Å². The van der Waals surface area contributed by atoms with E-state index in [4.69, 9.17) is 9.47 Å². The zero-order valence-corrected chi connectivity index (χ0v) is 18.0. The maximum Gasteiger partial charge on any atom is 0.243 e. The highest BCUT2D eigenvalue weighted by Gasteiger charge is 2.29. The summed E-state index contributed by atoms with van der Waals surface area (Å²) in [4.78, 5) is 2.64. The molecular formula is C22H28N2O4S. The topological polar surface area (TPSA) is 59.1 Å². The number of hydrogen-bond acceptors (Lipinski definition) is 5. The molecule has 1 fully saturated rings. The van der Waals surface area contributed by atoms with E-state index in [1.807, 2.05) is 30.3 Å². The van der Waals surface area contributed by atoms with Crippen molar-refractivity contribution in [1.29, 1.82) is 0 Å². The minimum absolute atomic E-state index is 0.00262. The molecule has 2 aliphatic heterocycles. The molecule has 0 N–H and O–H groups in total. The summed E-state index contributed by atoms with van der Waals surface area (Å²) in [7, 11) is -3.46. The normalized spacial score (nSPS) is 18.2. The van der Waals surface area contributed by atoms with Gasteiger partial charge < -0.3 is 9.47 Å². The molecule has 0 radical (unpaired) electrons. The molecule has 2 aromatic carbocycles. The van der Waals surface area contributed by atoms with Gasteiger partial charge in [-0.3, -0.25) is 4.90 Å². The van der Waals surface area contributed by atoms with Crippen LogP contribution in [0.25, 0.3) is 0 Å². The second-order valence-corrected chi connectivity index (χ2v) is 10.6. The summed E-state index contributed by atoms with van der Waals surface area (Å²) in [5.74, 6) is 1.56. The highest BCUT2D eigenvalue weighted by Crippen LogP contribution is 2.33. The quantitative estimate of drug-likeness (QED) is 0.766. The molecule has 0 unspecified atom stereocenters. The van der Waals surface area contributed by atoms with E-state index in [-0.39, 0.29) is 12.2 Å². The third-order valence-corrected chi connectivity index (χ3v) is 7.45. The van der Waals surface area contributed by atoms with Crippen LogP contribution in [-0.4, -0.2) is 50.6 Å². The molecule has 2 heterocycles. The average molecular weight is 417 g/mol. The lowest BCUT2D eigenvalue weighted by atomic mass is 9.87. The largest absolute Gasteiger partial charge is 0.454 e. The Morgan fingerprint density at radius 3 is 2.21 bits per heavy atom. The van der Waals surface area contributed by atoms with Crippen molar-refractivity contribution in [3.05, 3.63) is 53.6 Å². The number of fused-ring (bicyclic) bond motifs is 1. The highest BCUT2D eigenvalue weighted by atomic mass is 32.2. The van der Waals surface area contributed by atoms with Crippen LogP contribution >= 0.6 is 0 Å². The lowest BCUT2D eigenvalue weighted by Crippen LogP contribution is -2.48. The SMILES string of the molecule is CC(C)(C)c1ccc(S(=O)(=O)N2CCN(Cc3ccc4c(c3)OCO4)CC2)cc1. The summed E-state index contributed by atoms with van der Waals surface area (Å²) in [5.41, 5.74) is 2.27. The third-order valence-electron chi connectivity index (χ3n) is 5.53. The predicted molar refractivity (Wildman–Crippen MR) is 112 cm³/mol. The van der Waals surface area contributed by atoms with Crippen LogP contribution in [0.3, 0.4) is 0 Å². The summed E-state index contributed by atoms with van der Waals surface area (Å²) >= 11 is 0. The molecule has 29 heavy (non-hydrogen) atoms. The van der Waals surface area contributed by atoms with Crippen molar-refractivity contribution in [2.75, 3.05) is 33.0 Å². The maximum absolute atomic E-state index is 13.0. The molecule has 0 aliphatic carbocycles. The number of rotatable bonds is 4. The van der Waals surface area contributed by atoms with Gasteiger partial charge in [0.05, 0.1) is 4.90 Å². The molecule has 0 spiro atoms. The minimum Gasteiger partial charge on any atom is -0.454 e. The van der Waals surface area contributed by atoms with Crippen molar-refractivity contribution >= 4 is 10.0 Å². The monoisotopic (exact) mass is 416 g/mol. The van der Waals surface area contributed by atoms with Gasteiger partial charge in [0.2, 0.25) is 16.8 Å². The van der Waals surface area contributed by atoms with Crippen LogP contribution in [0.1, 0.15) is 31.9 Å². The van der Waals surface area contributed by atoms with Gasteiger partial charge in [-0.2, -0.15) is 4.31 Å². The smallest absolute Gasteiger partial charge is 0.243 e. The molecular weight excluding hydrogens is 388 g/mol. The molecule has 0 atom stereocenters. The van der Waals surface area contributed by atoms with Crippen LogP contribution in [-0.2, 0) is 22.0 Å². The van der Waals surface area contributed by atoms with Crippen LogP contribution in [0, 0.1) is 0 Å². The molecule has 0 amide bonds. The first-order valence-electron chi connectivity index (χ1n) is 9.95. The molecule has 6 nitrogen and oxygen atoms in total. The van der Waals surface area contributed by atoms with Gasteiger partial charge in [-0.25, -0.2) is 8.42 Å². The maximum atomic E-state index is 13.0. The molecule has 4 rings (SSSR count). The van der Waals surface area contributed by atoms with Crippen LogP contribution in [0.15, 0.2) is 47.4 Å². The summed E-state index contributed by atoms with van der Waals surface area (Å²) in [6, 6.07) is 13.3. The molecule has 2 aliphatic rings. The van der Waals surface area contributed by atoms with E-state index in [2.05, 4.69) is 25.7 Å². The first kappa shape index (κ1) is 20.2. The van der Waals surface area contributed by atoms with E-state index < -0.39 is 10.0 Å². The summed E-state index contributed by atoms with van der Waals surface area (Å²) < 4.78 is 38.4. The molecule has 7 heteroatoms. The number of hydrogen-bond donors (Lipinski definition) is 0. The molecule has 1 saturated heterocycles. The van der Waals surface area contributed by atoms with E-state index in [1.54, 1.807) is 16.4 Å². The first-order valence-corrected chi connectivity index (χ1v) is 11.4. The second kappa shape index (κ2) is 7.63. The Bertz CT molecular complexity index is 973. The number of sulfonamides is 1. The van der Waals surface area contributed by atoms with E-state index in [0.29, 0.717) is 31.1 Å². The van der Waals surface area contributed by atoms with E-state index in [9.17, 15) is 8.42 Å². The zero-order chi connectivity index (χ0) is 20.6. The van der Waals surface area contributed by atoms with Gasteiger partial charge >= 0.3 is 0 Å². The Morgan fingerprint density at radius 2 is 1.55 bits per heavy atom. The molecule has 156 valence electrons. The molecule has 0 aromatic heterocycles. The number of ether oxygens (including phenoxy) is 2. The van der Waals surface area contributed by atoms with Gasteiger partial charge in [-0.15, -0.1) is 0 Å². The lowest BCUT2D eigenvalue weighted by Gasteiger charge is -2.34. The molecule has 0 saturated carbocycles.